The van der Waals surface area contributed by atoms with E-state index in [1.54, 1.807) is 0 Å². The quantitative estimate of drug-likeness (QED) is 0.133. The molecule has 0 saturated heterocycles. The van der Waals surface area contributed by atoms with E-state index >= 15 is 0 Å². The molecule has 582 valence electrons. The summed E-state index contributed by atoms with van der Waals surface area (Å²) in [7, 11) is 0. The Morgan fingerprint density at radius 1 is 0.159 bits per heavy atom. The van der Waals surface area contributed by atoms with E-state index in [4.69, 9.17) is 38.7 Å². The second kappa shape index (κ2) is 27.2. The number of rotatable bonds is 10. The summed E-state index contributed by atoms with van der Waals surface area (Å²) >= 11 is 0. The van der Waals surface area contributed by atoms with E-state index in [1.807, 2.05) is 6.07 Å². The molecule has 0 aliphatic rings. The summed E-state index contributed by atoms with van der Waals surface area (Å²) in [6, 6.07) is 144. The number of aromatic nitrogens is 8. The van der Waals surface area contributed by atoms with E-state index in [-0.39, 0.29) is 0 Å². The number of benzene rings is 21. The van der Waals surface area contributed by atoms with E-state index in [0.29, 0.717) is 34.9 Å². The van der Waals surface area contributed by atoms with Crippen LogP contribution in [0.2, 0.25) is 0 Å². The van der Waals surface area contributed by atoms with Crippen molar-refractivity contribution in [2.75, 3.05) is 0 Å². The lowest BCUT2D eigenvalue weighted by Crippen LogP contribution is -2.04. The molecular formula is C116H66N8O2. The average Bonchev–Trinajstić information content (AvgIpc) is 1.55. The maximum absolute atomic E-state index is 7.48. The van der Waals surface area contributed by atoms with Crippen LogP contribution in [0.1, 0.15) is 0 Å². The Hall–Kier alpha value is -17.1. The third-order valence-corrected chi connectivity index (χ3v) is 26.0. The normalized spacial score (nSPS) is 12.1. The number of hydrogen-bond donors (Lipinski definition) is 0. The van der Waals surface area contributed by atoms with Gasteiger partial charge in [-0.05, 0) is 224 Å². The Balaban J connectivity index is 0.662. The van der Waals surface area contributed by atoms with E-state index in [0.717, 1.165) is 241 Å². The fourth-order valence-corrected chi connectivity index (χ4v) is 19.8. The van der Waals surface area contributed by atoms with Gasteiger partial charge in [-0.2, -0.15) is 0 Å². The molecule has 21 aromatic carbocycles. The molecule has 10 heteroatoms. The van der Waals surface area contributed by atoms with Crippen LogP contribution in [0.25, 0.3) is 276 Å². The van der Waals surface area contributed by atoms with Crippen molar-refractivity contribution >= 4 is 174 Å². The molecule has 0 aliphatic heterocycles. The van der Waals surface area contributed by atoms with Gasteiger partial charge in [0.2, 0.25) is 0 Å². The van der Waals surface area contributed by atoms with Crippen molar-refractivity contribution in [1.29, 1.82) is 0 Å². The van der Waals surface area contributed by atoms with Crippen molar-refractivity contribution in [2.45, 2.75) is 0 Å². The average molecular weight is 1600 g/mol. The van der Waals surface area contributed by atoms with Gasteiger partial charge in [-0.15, -0.1) is 0 Å². The topological polar surface area (TPSA) is 113 Å². The van der Waals surface area contributed by atoms with Gasteiger partial charge in [0, 0.05) is 76.5 Å². The minimum atomic E-state index is 0.514. The standard InChI is InChI=1S/C116H66N8O2/c1-2-19-67(20-3-1)71-37-42-72(43-38-71)111-117-112(85-46-39-68-21-4-7-24-73(68)53-85)120-115(119-111)93-51-49-91-99-58-77-28-11-14-31-80(77)64-105(99)125-109(91)107(93)123-101-36-17-16-34-90(101)96-60-88-56-84(45-44-82(88)62-102(96)123)89-35-18-33-83-63-104-98(66-95(83)89)97-57-76-27-10-13-30-79(76)61-103(97)124(104)108-94(52-50-92-100-59-78-29-12-15-32-81(78)65-106(100)126-110(92)108)116-121-113(86-47-40-69-22-5-8-25-74(69)54-86)118-114(122-116)87-48-41-70-23-6-9-26-75(70)55-87/h1-66H. The van der Waals surface area contributed by atoms with Crippen molar-refractivity contribution in [3.05, 3.63) is 400 Å². The zero-order valence-corrected chi connectivity index (χ0v) is 67.5. The molecule has 0 spiro atoms. The third kappa shape index (κ3) is 11.0. The first-order valence-corrected chi connectivity index (χ1v) is 42.7. The van der Waals surface area contributed by atoms with E-state index in [2.05, 4.69) is 403 Å². The summed E-state index contributed by atoms with van der Waals surface area (Å²) in [5.74, 6) is 3.27. The maximum atomic E-state index is 7.48. The zero-order valence-electron chi connectivity index (χ0n) is 67.5. The van der Waals surface area contributed by atoms with Gasteiger partial charge in [0.05, 0.1) is 22.1 Å². The highest BCUT2D eigenvalue weighted by atomic mass is 16.3. The molecule has 0 unspecified atom stereocenters. The number of para-hydroxylation sites is 1. The van der Waals surface area contributed by atoms with E-state index < -0.39 is 0 Å². The molecule has 27 rings (SSSR count). The van der Waals surface area contributed by atoms with Crippen molar-refractivity contribution in [3.8, 4) is 102 Å². The van der Waals surface area contributed by atoms with Gasteiger partial charge in [-0.25, -0.2) is 29.9 Å². The van der Waals surface area contributed by atoms with Crippen LogP contribution in [0.15, 0.2) is 409 Å². The Bertz CT molecular complexity index is 9290. The van der Waals surface area contributed by atoms with Gasteiger partial charge in [0.15, 0.2) is 46.1 Å². The highest BCUT2D eigenvalue weighted by Gasteiger charge is 2.30. The Labute approximate surface area is 719 Å². The van der Waals surface area contributed by atoms with Gasteiger partial charge in [-0.1, -0.05) is 285 Å². The van der Waals surface area contributed by atoms with E-state index in [9.17, 15) is 0 Å². The Kier molecular flexibility index (Phi) is 15.1. The molecule has 0 fully saturated rings. The van der Waals surface area contributed by atoms with Crippen LogP contribution in [0.4, 0.5) is 0 Å². The van der Waals surface area contributed by atoms with Crippen LogP contribution in [0.5, 0.6) is 0 Å². The third-order valence-electron chi connectivity index (χ3n) is 26.0. The Morgan fingerprint density at radius 3 is 1.01 bits per heavy atom. The molecule has 0 amide bonds. The number of fused-ring (bicyclic) bond motifs is 20. The van der Waals surface area contributed by atoms with Crippen molar-refractivity contribution in [1.82, 2.24) is 39.0 Å². The molecule has 0 N–H and O–H groups in total. The molecule has 6 heterocycles. The monoisotopic (exact) mass is 1600 g/mol. The SMILES string of the molecule is c1ccc(-c2ccc(-c3nc(-c4ccc5ccccc5c4)nc(-c4ccc5c(oc6cc7ccccc7cc65)c4-n4c5ccccc5c5cc6cc(-c7cccc8cc9c(cc78)c7cc8ccccc8cc7n9-c7c(-c8nc(-c9ccc%10ccccc%10c9)nc(-c9ccc%10ccccc%10c9)n8)ccc8c7oc7cc9ccccc9cc78)ccc6cc54)n3)cc2)cc1. The fraction of sp³-hybridized carbons (Fsp3) is 0. The van der Waals surface area contributed by atoms with Gasteiger partial charge >= 0.3 is 0 Å². The molecule has 0 radical (unpaired) electrons. The first kappa shape index (κ1) is 69.7. The fourth-order valence-electron chi connectivity index (χ4n) is 19.8. The lowest BCUT2D eigenvalue weighted by Gasteiger charge is -2.16. The van der Waals surface area contributed by atoms with Crippen LogP contribution in [0, 0.1) is 0 Å². The predicted octanol–water partition coefficient (Wildman–Crippen LogP) is 30.6. The molecule has 6 aromatic heterocycles. The molecule has 0 saturated carbocycles. The zero-order chi connectivity index (χ0) is 82.3. The van der Waals surface area contributed by atoms with E-state index in [1.165, 1.54) is 0 Å². The van der Waals surface area contributed by atoms with Gasteiger partial charge in [0.1, 0.15) is 22.5 Å². The van der Waals surface area contributed by atoms with Crippen LogP contribution in [0.3, 0.4) is 0 Å². The lowest BCUT2D eigenvalue weighted by molar-refractivity contribution is 0.666. The summed E-state index contributed by atoms with van der Waals surface area (Å²) in [5.41, 5.74) is 18.2. The minimum absolute atomic E-state index is 0.514. The highest BCUT2D eigenvalue weighted by Crippen LogP contribution is 2.50. The van der Waals surface area contributed by atoms with Gasteiger partial charge in [-0.3, -0.25) is 0 Å². The summed E-state index contributed by atoms with van der Waals surface area (Å²) < 4.78 is 19.7. The molecule has 126 heavy (non-hydrogen) atoms. The first-order valence-electron chi connectivity index (χ1n) is 42.7. The summed E-state index contributed by atoms with van der Waals surface area (Å²) in [5, 5.41) is 26.1. The molecule has 0 aliphatic carbocycles. The van der Waals surface area contributed by atoms with Crippen LogP contribution in [-0.2, 0) is 0 Å². The minimum Gasteiger partial charge on any atom is -0.454 e. The molecular weight excluding hydrogens is 1540 g/mol. The summed E-state index contributed by atoms with van der Waals surface area (Å²) in [4.78, 5) is 33.1. The summed E-state index contributed by atoms with van der Waals surface area (Å²) in [6.07, 6.45) is 0. The van der Waals surface area contributed by atoms with Crippen LogP contribution >= 0.6 is 0 Å². The summed E-state index contributed by atoms with van der Waals surface area (Å²) in [6.45, 7) is 0. The number of hydrogen-bond acceptors (Lipinski definition) is 8. The lowest BCUT2D eigenvalue weighted by atomic mass is 9.94. The second-order valence-corrected chi connectivity index (χ2v) is 33.2. The highest BCUT2D eigenvalue weighted by molar-refractivity contribution is 6.23. The van der Waals surface area contributed by atoms with Crippen molar-refractivity contribution in [3.63, 3.8) is 0 Å². The largest absolute Gasteiger partial charge is 0.454 e. The van der Waals surface area contributed by atoms with Gasteiger partial charge in [0.25, 0.3) is 0 Å². The molecule has 10 nitrogen and oxygen atoms in total. The smallest absolute Gasteiger partial charge is 0.166 e. The molecule has 0 atom stereocenters. The number of nitrogens with zero attached hydrogens (tertiary/aromatic N) is 8. The molecule has 0 bridgehead atoms. The van der Waals surface area contributed by atoms with Crippen LogP contribution in [-0.4, -0.2) is 39.0 Å². The van der Waals surface area contributed by atoms with Crippen molar-refractivity contribution < 1.29 is 8.83 Å². The maximum Gasteiger partial charge on any atom is 0.166 e. The van der Waals surface area contributed by atoms with Gasteiger partial charge < -0.3 is 18.0 Å². The number of furan rings is 2. The second-order valence-electron chi connectivity index (χ2n) is 33.2. The van der Waals surface area contributed by atoms with Crippen LogP contribution < -0.4 is 0 Å². The Morgan fingerprint density at radius 2 is 0.492 bits per heavy atom. The van der Waals surface area contributed by atoms with Crippen molar-refractivity contribution in [2.24, 2.45) is 0 Å². The first-order chi connectivity index (χ1) is 62.3. The molecule has 27 aromatic rings. The predicted molar refractivity (Wildman–Crippen MR) is 520 cm³/mol.